The van der Waals surface area contributed by atoms with Gasteiger partial charge in [0.1, 0.15) is 5.75 Å². The van der Waals surface area contributed by atoms with Crippen LogP contribution in [0.2, 0.25) is 0 Å². The fourth-order valence-corrected chi connectivity index (χ4v) is 5.57. The zero-order valence-electron chi connectivity index (χ0n) is 19.9. The lowest BCUT2D eigenvalue weighted by Crippen LogP contribution is -2.21. The number of hydrogen-bond donors (Lipinski definition) is 1. The summed E-state index contributed by atoms with van der Waals surface area (Å²) in [6.45, 7) is 2.90. The molecule has 0 bridgehead atoms. The van der Waals surface area contributed by atoms with Crippen LogP contribution in [0.15, 0.2) is 30.3 Å². The van der Waals surface area contributed by atoms with Gasteiger partial charge < -0.3 is 14.6 Å². The van der Waals surface area contributed by atoms with Crippen molar-refractivity contribution in [2.75, 3.05) is 19.8 Å². The first-order chi connectivity index (χ1) is 16.5. The first kappa shape index (κ1) is 24.9. The summed E-state index contributed by atoms with van der Waals surface area (Å²) in [5.41, 5.74) is 0.958. The summed E-state index contributed by atoms with van der Waals surface area (Å²) in [4.78, 5) is 0. The Morgan fingerprint density at radius 1 is 0.765 bits per heavy atom. The molecule has 4 rings (SSSR count). The van der Waals surface area contributed by atoms with Crippen molar-refractivity contribution in [3.8, 4) is 11.5 Å². The van der Waals surface area contributed by atoms with Crippen molar-refractivity contribution >= 4 is 0 Å². The average molecular weight is 477 g/mol. The molecule has 0 aromatic heterocycles. The predicted octanol–water partition coefficient (Wildman–Crippen LogP) is 7.12. The molecule has 34 heavy (non-hydrogen) atoms. The van der Waals surface area contributed by atoms with E-state index < -0.39 is 17.5 Å². The lowest BCUT2D eigenvalue weighted by Gasteiger charge is -2.30. The van der Waals surface area contributed by atoms with Crippen LogP contribution in [0.5, 0.6) is 11.5 Å². The quantitative estimate of drug-likeness (QED) is 0.441. The van der Waals surface area contributed by atoms with E-state index >= 15 is 4.39 Å². The van der Waals surface area contributed by atoms with Crippen LogP contribution >= 0.6 is 0 Å². The molecule has 186 valence electrons. The SMILES string of the molecule is CCOc1ccc(OCC2CCC(c3ccc(C4CCC(CO)CC4)c(F)c3F)CC2)c(F)c1. The summed E-state index contributed by atoms with van der Waals surface area (Å²) >= 11 is 0. The Hall–Kier alpha value is -2.21. The molecule has 6 heteroatoms. The normalized spacial score (nSPS) is 25.2. The second kappa shape index (κ2) is 11.5. The summed E-state index contributed by atoms with van der Waals surface area (Å²) in [7, 11) is 0. The molecule has 0 saturated heterocycles. The molecule has 2 aliphatic carbocycles. The zero-order chi connectivity index (χ0) is 24.1. The van der Waals surface area contributed by atoms with E-state index in [1.165, 1.54) is 6.07 Å². The molecule has 0 aliphatic heterocycles. The van der Waals surface area contributed by atoms with E-state index in [2.05, 4.69) is 0 Å². The Labute approximate surface area is 200 Å². The largest absolute Gasteiger partial charge is 0.494 e. The molecule has 0 amide bonds. The summed E-state index contributed by atoms with van der Waals surface area (Å²) in [6.07, 6.45) is 6.48. The summed E-state index contributed by atoms with van der Waals surface area (Å²) < 4.78 is 55.3. The van der Waals surface area contributed by atoms with Crippen LogP contribution in [0.25, 0.3) is 0 Å². The maximum Gasteiger partial charge on any atom is 0.168 e. The first-order valence-electron chi connectivity index (χ1n) is 12.6. The van der Waals surface area contributed by atoms with Crippen LogP contribution < -0.4 is 9.47 Å². The van der Waals surface area contributed by atoms with Gasteiger partial charge in [-0.2, -0.15) is 0 Å². The van der Waals surface area contributed by atoms with Gasteiger partial charge in [-0.1, -0.05) is 12.1 Å². The highest BCUT2D eigenvalue weighted by atomic mass is 19.2. The molecule has 2 aliphatic rings. The minimum absolute atomic E-state index is 0.00728. The van der Waals surface area contributed by atoms with Gasteiger partial charge in [-0.25, -0.2) is 13.2 Å². The topological polar surface area (TPSA) is 38.7 Å². The molecule has 0 spiro atoms. The fraction of sp³-hybridized carbons (Fsp3) is 0.571. The number of rotatable bonds is 8. The molecule has 3 nitrogen and oxygen atoms in total. The minimum Gasteiger partial charge on any atom is -0.494 e. The van der Waals surface area contributed by atoms with Crippen molar-refractivity contribution in [1.82, 2.24) is 0 Å². The average Bonchev–Trinajstić information content (AvgIpc) is 2.86. The van der Waals surface area contributed by atoms with Crippen LogP contribution in [0.3, 0.4) is 0 Å². The Bertz CT molecular complexity index is 948. The lowest BCUT2D eigenvalue weighted by molar-refractivity contribution is 0.181. The van der Waals surface area contributed by atoms with Gasteiger partial charge >= 0.3 is 0 Å². The number of ether oxygens (including phenoxy) is 2. The molecule has 1 N–H and O–H groups in total. The van der Waals surface area contributed by atoms with Gasteiger partial charge in [0.05, 0.1) is 13.2 Å². The van der Waals surface area contributed by atoms with Gasteiger partial charge in [-0.15, -0.1) is 0 Å². The highest BCUT2D eigenvalue weighted by Crippen LogP contribution is 2.41. The van der Waals surface area contributed by atoms with Gasteiger partial charge in [-0.3, -0.25) is 0 Å². The Morgan fingerprint density at radius 3 is 1.82 bits per heavy atom. The van der Waals surface area contributed by atoms with Gasteiger partial charge in [0.15, 0.2) is 23.2 Å². The second-order valence-corrected chi connectivity index (χ2v) is 9.83. The number of benzene rings is 2. The molecule has 2 saturated carbocycles. The van der Waals surface area contributed by atoms with E-state index in [-0.39, 0.29) is 36.0 Å². The zero-order valence-corrected chi connectivity index (χ0v) is 19.9. The van der Waals surface area contributed by atoms with E-state index in [0.717, 1.165) is 51.4 Å². The lowest BCUT2D eigenvalue weighted by atomic mass is 9.76. The molecule has 0 radical (unpaired) electrons. The predicted molar refractivity (Wildman–Crippen MR) is 126 cm³/mol. The molecule has 0 heterocycles. The fourth-order valence-electron chi connectivity index (χ4n) is 5.57. The number of halogens is 3. The summed E-state index contributed by atoms with van der Waals surface area (Å²) in [5, 5.41) is 9.31. The molecule has 2 aromatic carbocycles. The van der Waals surface area contributed by atoms with Crippen molar-refractivity contribution in [3.63, 3.8) is 0 Å². The van der Waals surface area contributed by atoms with Crippen LogP contribution in [0, 0.1) is 29.3 Å². The smallest absolute Gasteiger partial charge is 0.168 e. The van der Waals surface area contributed by atoms with E-state index in [0.29, 0.717) is 30.1 Å². The highest BCUT2D eigenvalue weighted by molar-refractivity contribution is 5.33. The second-order valence-electron chi connectivity index (χ2n) is 9.83. The Kier molecular flexibility index (Phi) is 8.41. The van der Waals surface area contributed by atoms with Crippen molar-refractivity contribution in [2.45, 2.75) is 70.1 Å². The van der Waals surface area contributed by atoms with E-state index in [4.69, 9.17) is 9.47 Å². The Morgan fingerprint density at radius 2 is 1.32 bits per heavy atom. The summed E-state index contributed by atoms with van der Waals surface area (Å²) in [6, 6.07) is 8.17. The standard InChI is InChI=1S/C28H35F3O3/c1-2-33-22-11-14-26(25(29)15-22)34-17-19-5-9-21(10-6-19)24-13-12-23(27(30)28(24)31)20-7-3-18(16-32)4-8-20/h11-15,18-21,32H,2-10,16-17H2,1H3. The van der Waals surface area contributed by atoms with Crippen LogP contribution in [0.4, 0.5) is 13.2 Å². The number of aliphatic hydroxyl groups excluding tert-OH is 1. The van der Waals surface area contributed by atoms with Crippen LogP contribution in [-0.2, 0) is 0 Å². The van der Waals surface area contributed by atoms with Gasteiger partial charge in [0.25, 0.3) is 0 Å². The van der Waals surface area contributed by atoms with Crippen molar-refractivity contribution in [3.05, 3.63) is 58.9 Å². The van der Waals surface area contributed by atoms with Gasteiger partial charge in [0, 0.05) is 12.7 Å². The molecule has 0 atom stereocenters. The maximum absolute atomic E-state index is 15.1. The van der Waals surface area contributed by atoms with E-state index in [1.54, 1.807) is 24.3 Å². The van der Waals surface area contributed by atoms with E-state index in [9.17, 15) is 13.9 Å². The van der Waals surface area contributed by atoms with Gasteiger partial charge in [-0.05, 0) is 105 Å². The maximum atomic E-state index is 15.1. The molecular weight excluding hydrogens is 441 g/mol. The van der Waals surface area contributed by atoms with Crippen molar-refractivity contribution < 1.29 is 27.8 Å². The Balaban J connectivity index is 1.31. The van der Waals surface area contributed by atoms with Crippen molar-refractivity contribution in [2.24, 2.45) is 11.8 Å². The van der Waals surface area contributed by atoms with Crippen LogP contribution in [0.1, 0.15) is 81.3 Å². The molecule has 2 aromatic rings. The van der Waals surface area contributed by atoms with E-state index in [1.807, 2.05) is 6.92 Å². The third-order valence-electron chi connectivity index (χ3n) is 7.66. The molecule has 0 unspecified atom stereocenters. The summed E-state index contributed by atoms with van der Waals surface area (Å²) in [5.74, 6) is -0.575. The third kappa shape index (κ3) is 5.70. The molecular formula is C28H35F3O3. The van der Waals surface area contributed by atoms with Crippen LogP contribution in [-0.4, -0.2) is 24.9 Å². The minimum atomic E-state index is -0.696. The number of hydrogen-bond acceptors (Lipinski definition) is 3. The van der Waals surface area contributed by atoms with Gasteiger partial charge in [0.2, 0.25) is 0 Å². The first-order valence-corrected chi connectivity index (χ1v) is 12.6. The molecule has 2 fully saturated rings. The number of aliphatic hydroxyl groups is 1. The monoisotopic (exact) mass is 476 g/mol. The highest BCUT2D eigenvalue weighted by Gasteiger charge is 2.29. The third-order valence-corrected chi connectivity index (χ3v) is 7.66. The van der Waals surface area contributed by atoms with Crippen molar-refractivity contribution in [1.29, 1.82) is 0 Å².